The molecule has 2 N–H and O–H groups in total. The van der Waals surface area contributed by atoms with E-state index in [1.165, 1.54) is 11.1 Å². The minimum atomic E-state index is -0.878. The number of aliphatic carboxylic acids is 1. The van der Waals surface area contributed by atoms with Crippen LogP contribution in [0.5, 0.6) is 0 Å². The van der Waals surface area contributed by atoms with Crippen molar-refractivity contribution >= 4 is 17.6 Å². The molecule has 1 atom stereocenters. The van der Waals surface area contributed by atoms with Gasteiger partial charge >= 0.3 is 5.97 Å². The van der Waals surface area contributed by atoms with Gasteiger partial charge < -0.3 is 10.4 Å². The fourth-order valence-corrected chi connectivity index (χ4v) is 3.44. The molecule has 1 aliphatic rings. The first-order valence-electron chi connectivity index (χ1n) is 8.30. The van der Waals surface area contributed by atoms with E-state index in [1.807, 2.05) is 6.07 Å². The molecule has 0 bridgehead atoms. The van der Waals surface area contributed by atoms with Crippen molar-refractivity contribution in [3.63, 3.8) is 0 Å². The van der Waals surface area contributed by atoms with Crippen LogP contribution in [-0.4, -0.2) is 17.0 Å². The van der Waals surface area contributed by atoms with Gasteiger partial charge in [0.25, 0.3) is 0 Å². The van der Waals surface area contributed by atoms with E-state index in [0.717, 1.165) is 19.3 Å². The van der Waals surface area contributed by atoms with Crippen molar-refractivity contribution in [1.82, 2.24) is 0 Å². The van der Waals surface area contributed by atoms with Crippen LogP contribution in [-0.2, 0) is 22.4 Å². The highest BCUT2D eigenvalue weighted by atomic mass is 16.4. The summed E-state index contributed by atoms with van der Waals surface area (Å²) in [6.07, 6.45) is 3.65. The van der Waals surface area contributed by atoms with Crippen LogP contribution in [0.4, 0.5) is 5.69 Å². The lowest BCUT2D eigenvalue weighted by molar-refractivity contribution is -0.136. The minimum absolute atomic E-state index is 0.0239. The first kappa shape index (κ1) is 16.2. The highest BCUT2D eigenvalue weighted by Crippen LogP contribution is 2.34. The van der Waals surface area contributed by atoms with Gasteiger partial charge in [-0.25, -0.2) is 0 Å². The number of rotatable bonds is 5. The minimum Gasteiger partial charge on any atom is -0.481 e. The summed E-state index contributed by atoms with van der Waals surface area (Å²) in [5.74, 6) is -0.640. The van der Waals surface area contributed by atoms with Gasteiger partial charge in [-0.1, -0.05) is 36.4 Å². The number of anilines is 1. The number of hydrogen-bond acceptors (Lipinski definition) is 2. The third-order valence-electron chi connectivity index (χ3n) is 4.49. The Morgan fingerprint density at radius 2 is 1.96 bits per heavy atom. The number of carbonyl (C=O) groups excluding carboxylic acids is 1. The van der Waals surface area contributed by atoms with Gasteiger partial charge in [0.15, 0.2) is 0 Å². The molecule has 1 amide bonds. The van der Waals surface area contributed by atoms with E-state index in [4.69, 9.17) is 5.11 Å². The molecular formula is C20H21NO3. The summed E-state index contributed by atoms with van der Waals surface area (Å²) < 4.78 is 0. The van der Waals surface area contributed by atoms with Gasteiger partial charge in [-0.3, -0.25) is 9.59 Å². The molecule has 4 heteroatoms. The van der Waals surface area contributed by atoms with Crippen molar-refractivity contribution in [3.8, 4) is 0 Å². The average molecular weight is 323 g/mol. The van der Waals surface area contributed by atoms with E-state index in [0.29, 0.717) is 17.7 Å². The first-order valence-corrected chi connectivity index (χ1v) is 8.30. The van der Waals surface area contributed by atoms with E-state index in [2.05, 4.69) is 23.5 Å². The molecule has 3 rings (SSSR count). The Kier molecular flexibility index (Phi) is 4.94. The summed E-state index contributed by atoms with van der Waals surface area (Å²) >= 11 is 0. The second kappa shape index (κ2) is 7.30. The summed E-state index contributed by atoms with van der Waals surface area (Å²) in [5, 5.41) is 11.8. The van der Waals surface area contributed by atoms with Crippen molar-refractivity contribution in [2.24, 2.45) is 0 Å². The SMILES string of the molecule is O=C(O)Cc1cccc(NC(=O)CC2CCCc3ccccc32)c1. The molecular weight excluding hydrogens is 302 g/mol. The Morgan fingerprint density at radius 3 is 2.79 bits per heavy atom. The molecule has 2 aromatic carbocycles. The number of carbonyl (C=O) groups is 2. The fraction of sp³-hybridized carbons (Fsp3) is 0.300. The summed E-state index contributed by atoms with van der Waals surface area (Å²) in [5.41, 5.74) is 3.98. The maximum Gasteiger partial charge on any atom is 0.307 e. The predicted octanol–water partition coefficient (Wildman–Crippen LogP) is 3.76. The zero-order valence-electron chi connectivity index (χ0n) is 13.5. The Balaban J connectivity index is 1.65. The van der Waals surface area contributed by atoms with Crippen molar-refractivity contribution in [2.75, 3.05) is 5.32 Å². The fourth-order valence-electron chi connectivity index (χ4n) is 3.44. The largest absolute Gasteiger partial charge is 0.481 e. The predicted molar refractivity (Wildman–Crippen MR) is 93.1 cm³/mol. The van der Waals surface area contributed by atoms with Gasteiger partial charge in [0.05, 0.1) is 6.42 Å². The average Bonchev–Trinajstić information content (AvgIpc) is 2.55. The maximum atomic E-state index is 12.4. The van der Waals surface area contributed by atoms with Crippen molar-refractivity contribution in [1.29, 1.82) is 0 Å². The van der Waals surface area contributed by atoms with E-state index in [9.17, 15) is 9.59 Å². The standard InChI is InChI=1S/C20H21NO3/c22-19(21-17-9-3-5-14(11-17)12-20(23)24)13-16-8-4-7-15-6-1-2-10-18(15)16/h1-3,5-6,9-11,16H,4,7-8,12-13H2,(H,21,22)(H,23,24). The number of hydrogen-bond donors (Lipinski definition) is 2. The van der Waals surface area contributed by atoms with Gasteiger partial charge in [0, 0.05) is 12.1 Å². The molecule has 1 unspecified atom stereocenters. The van der Waals surface area contributed by atoms with E-state index in [-0.39, 0.29) is 18.2 Å². The number of amides is 1. The van der Waals surface area contributed by atoms with Gasteiger partial charge in [0.2, 0.25) is 5.91 Å². The quantitative estimate of drug-likeness (QED) is 0.880. The number of nitrogens with one attached hydrogen (secondary N) is 1. The van der Waals surface area contributed by atoms with Crippen LogP contribution < -0.4 is 5.32 Å². The molecule has 4 nitrogen and oxygen atoms in total. The molecule has 124 valence electrons. The highest BCUT2D eigenvalue weighted by Gasteiger charge is 2.22. The second-order valence-corrected chi connectivity index (χ2v) is 6.31. The van der Waals surface area contributed by atoms with Crippen LogP contribution in [0.1, 0.15) is 41.9 Å². The van der Waals surface area contributed by atoms with Gasteiger partial charge in [0.1, 0.15) is 0 Å². The topological polar surface area (TPSA) is 66.4 Å². The third kappa shape index (κ3) is 4.02. The van der Waals surface area contributed by atoms with Crippen LogP contribution in [0, 0.1) is 0 Å². The summed E-state index contributed by atoms with van der Waals surface area (Å²) in [6.45, 7) is 0. The first-order chi connectivity index (χ1) is 11.6. The molecule has 0 spiro atoms. The molecule has 0 saturated heterocycles. The number of fused-ring (bicyclic) bond motifs is 1. The van der Waals surface area contributed by atoms with Gasteiger partial charge in [-0.2, -0.15) is 0 Å². The Hall–Kier alpha value is -2.62. The second-order valence-electron chi connectivity index (χ2n) is 6.31. The lowest BCUT2D eigenvalue weighted by atomic mass is 9.81. The van der Waals surface area contributed by atoms with E-state index >= 15 is 0 Å². The molecule has 0 radical (unpaired) electrons. The van der Waals surface area contributed by atoms with Crippen LogP contribution in [0.3, 0.4) is 0 Å². The Bertz CT molecular complexity index is 754. The normalized spacial score (nSPS) is 16.2. The van der Waals surface area contributed by atoms with Gasteiger partial charge in [-0.15, -0.1) is 0 Å². The molecule has 0 aromatic heterocycles. The number of carboxylic acid groups (broad SMARTS) is 1. The summed E-state index contributed by atoms with van der Waals surface area (Å²) in [7, 11) is 0. The molecule has 0 heterocycles. The molecule has 0 saturated carbocycles. The van der Waals surface area contributed by atoms with Crippen LogP contribution >= 0.6 is 0 Å². The Labute approximate surface area is 141 Å². The van der Waals surface area contributed by atoms with Gasteiger partial charge in [-0.05, 0) is 54.0 Å². The van der Waals surface area contributed by atoms with E-state index < -0.39 is 5.97 Å². The molecule has 1 aliphatic carbocycles. The highest BCUT2D eigenvalue weighted by molar-refractivity contribution is 5.91. The Morgan fingerprint density at radius 1 is 1.12 bits per heavy atom. The van der Waals surface area contributed by atoms with Crippen LogP contribution in [0.2, 0.25) is 0 Å². The molecule has 0 fully saturated rings. The van der Waals surface area contributed by atoms with Crippen LogP contribution in [0.15, 0.2) is 48.5 Å². The molecule has 24 heavy (non-hydrogen) atoms. The smallest absolute Gasteiger partial charge is 0.307 e. The number of carboxylic acids is 1. The maximum absolute atomic E-state index is 12.4. The van der Waals surface area contributed by atoms with Crippen molar-refractivity contribution < 1.29 is 14.7 Å². The summed E-state index contributed by atoms with van der Waals surface area (Å²) in [4.78, 5) is 23.2. The third-order valence-corrected chi connectivity index (χ3v) is 4.49. The summed E-state index contributed by atoms with van der Waals surface area (Å²) in [6, 6.07) is 15.4. The molecule has 2 aromatic rings. The lowest BCUT2D eigenvalue weighted by Crippen LogP contribution is -2.19. The van der Waals surface area contributed by atoms with Crippen LogP contribution in [0.25, 0.3) is 0 Å². The van der Waals surface area contributed by atoms with Crippen molar-refractivity contribution in [2.45, 2.75) is 38.0 Å². The van der Waals surface area contributed by atoms with Crippen molar-refractivity contribution in [3.05, 3.63) is 65.2 Å². The van der Waals surface area contributed by atoms with E-state index in [1.54, 1.807) is 24.3 Å². The monoisotopic (exact) mass is 323 g/mol. The number of benzene rings is 2. The zero-order chi connectivity index (χ0) is 16.9. The number of aryl methyl sites for hydroxylation is 1. The lowest BCUT2D eigenvalue weighted by Gasteiger charge is -2.25. The molecule has 0 aliphatic heterocycles. The zero-order valence-corrected chi connectivity index (χ0v) is 13.5.